The van der Waals surface area contributed by atoms with Crippen molar-refractivity contribution in [2.45, 2.75) is 51.2 Å². The van der Waals surface area contributed by atoms with Crippen LogP contribution in [0.15, 0.2) is 45.8 Å². The van der Waals surface area contributed by atoms with Crippen molar-refractivity contribution in [3.8, 4) is 0 Å². The molecule has 0 bridgehead atoms. The highest BCUT2D eigenvalue weighted by Gasteiger charge is 2.32. The molecule has 8 heteroatoms. The maximum Gasteiger partial charge on any atom is 0.324 e. The Bertz CT molecular complexity index is 1180. The number of hydrogen-bond donors (Lipinski definition) is 1. The van der Waals surface area contributed by atoms with Crippen LogP contribution in [0.1, 0.15) is 34.6 Å². The molecule has 0 amide bonds. The van der Waals surface area contributed by atoms with E-state index in [2.05, 4.69) is 20.7 Å². The fraction of sp³-hybridized carbons (Fsp3) is 0.381. The molecule has 1 atom stereocenters. The number of carbonyl (C=O) groups excluding carboxylic acids is 1. The van der Waals surface area contributed by atoms with Crippen LogP contribution in [-0.2, 0) is 19.6 Å². The molecule has 0 radical (unpaired) electrons. The van der Waals surface area contributed by atoms with Gasteiger partial charge in [0, 0.05) is 24.6 Å². The molecule has 29 heavy (non-hydrogen) atoms. The molecule has 1 heterocycles. The van der Waals surface area contributed by atoms with Crippen LogP contribution in [0.4, 0.5) is 0 Å². The number of fused-ring (bicyclic) bond motifs is 3. The average Bonchev–Trinajstić information content (AvgIpc) is 2.95. The molecule has 3 rings (SSSR count). The lowest BCUT2D eigenvalue weighted by atomic mass is 10.1. The first-order valence-electron chi connectivity index (χ1n) is 9.24. The summed E-state index contributed by atoms with van der Waals surface area (Å²) in [5.41, 5.74) is -0.695. The van der Waals surface area contributed by atoms with E-state index < -0.39 is 27.6 Å². The maximum atomic E-state index is 13.0. The van der Waals surface area contributed by atoms with E-state index in [9.17, 15) is 13.2 Å². The highest BCUT2D eigenvalue weighted by Crippen LogP contribution is 2.36. The Morgan fingerprint density at radius 3 is 2.38 bits per heavy atom. The Kier molecular flexibility index (Phi) is 6.11. The molecule has 0 saturated carbocycles. The Morgan fingerprint density at radius 1 is 1.07 bits per heavy atom. The molecule has 0 aliphatic carbocycles. The quantitative estimate of drug-likeness (QED) is 0.474. The van der Waals surface area contributed by atoms with Crippen molar-refractivity contribution < 1.29 is 17.9 Å². The zero-order chi connectivity index (χ0) is 21.6. The minimum atomic E-state index is -3.90. The minimum Gasteiger partial charge on any atom is -0.459 e. The Labute approximate surface area is 183 Å². The molecule has 1 aromatic heterocycles. The largest absolute Gasteiger partial charge is 0.459 e. The molecule has 0 spiro atoms. The van der Waals surface area contributed by atoms with Gasteiger partial charge in [0.15, 0.2) is 0 Å². The SMILES string of the molecule is CC(C)C(NS(=O)(=O)c1ccc2c(c1)sc1ccc(Br)cc12)C(=O)OC(C)(C)C. The number of esters is 1. The van der Waals surface area contributed by atoms with Crippen molar-refractivity contribution >= 4 is 63.4 Å². The summed E-state index contributed by atoms with van der Waals surface area (Å²) in [6.45, 7) is 8.83. The third kappa shape index (κ3) is 4.99. The number of thiophene rings is 1. The number of sulfonamides is 1. The number of carbonyl (C=O) groups is 1. The van der Waals surface area contributed by atoms with Crippen molar-refractivity contribution in [2.75, 3.05) is 0 Å². The summed E-state index contributed by atoms with van der Waals surface area (Å²) in [5.74, 6) is -0.839. The lowest BCUT2D eigenvalue weighted by Gasteiger charge is -2.26. The van der Waals surface area contributed by atoms with Gasteiger partial charge in [0.1, 0.15) is 11.6 Å². The number of hydrogen-bond acceptors (Lipinski definition) is 5. The first-order valence-corrected chi connectivity index (χ1v) is 12.3. The van der Waals surface area contributed by atoms with Gasteiger partial charge in [0.05, 0.1) is 4.90 Å². The van der Waals surface area contributed by atoms with Crippen LogP contribution in [0, 0.1) is 5.92 Å². The lowest BCUT2D eigenvalue weighted by Crippen LogP contribution is -2.47. The average molecular weight is 498 g/mol. The maximum absolute atomic E-state index is 13.0. The third-order valence-electron chi connectivity index (χ3n) is 4.32. The van der Waals surface area contributed by atoms with E-state index >= 15 is 0 Å². The number of halogens is 1. The van der Waals surface area contributed by atoms with Crippen LogP contribution in [0.3, 0.4) is 0 Å². The second-order valence-corrected chi connectivity index (χ2v) is 12.0. The summed E-state index contributed by atoms with van der Waals surface area (Å²) in [6.07, 6.45) is 0. The fourth-order valence-corrected chi connectivity index (χ4v) is 5.87. The molecule has 0 fully saturated rings. The normalized spacial score (nSPS) is 13.9. The van der Waals surface area contributed by atoms with Crippen molar-refractivity contribution in [1.82, 2.24) is 4.72 Å². The minimum absolute atomic E-state index is 0.129. The van der Waals surface area contributed by atoms with E-state index in [-0.39, 0.29) is 10.8 Å². The second kappa shape index (κ2) is 7.98. The summed E-state index contributed by atoms with van der Waals surface area (Å²) >= 11 is 5.01. The van der Waals surface area contributed by atoms with Crippen molar-refractivity contribution in [3.63, 3.8) is 0 Å². The summed E-state index contributed by atoms with van der Waals surface area (Å²) in [5, 5.41) is 2.07. The van der Waals surface area contributed by atoms with Crippen LogP contribution < -0.4 is 4.72 Å². The molecule has 156 valence electrons. The van der Waals surface area contributed by atoms with Gasteiger partial charge in [-0.15, -0.1) is 11.3 Å². The van der Waals surface area contributed by atoms with Gasteiger partial charge in [-0.3, -0.25) is 4.79 Å². The number of ether oxygens (including phenoxy) is 1. The Balaban J connectivity index is 1.96. The lowest BCUT2D eigenvalue weighted by molar-refractivity contribution is -0.158. The van der Waals surface area contributed by atoms with E-state index in [0.29, 0.717) is 0 Å². The smallest absolute Gasteiger partial charge is 0.324 e. The first kappa shape index (κ1) is 22.2. The van der Waals surface area contributed by atoms with Gasteiger partial charge in [-0.25, -0.2) is 8.42 Å². The number of benzene rings is 2. The topological polar surface area (TPSA) is 72.5 Å². The zero-order valence-corrected chi connectivity index (χ0v) is 20.2. The molecule has 1 N–H and O–H groups in total. The molecule has 1 unspecified atom stereocenters. The summed E-state index contributed by atoms with van der Waals surface area (Å²) < 4.78 is 36.9. The predicted octanol–water partition coefficient (Wildman–Crippen LogP) is 5.46. The molecule has 5 nitrogen and oxygen atoms in total. The molecule has 0 aliphatic heterocycles. The van der Waals surface area contributed by atoms with Gasteiger partial charge in [0.2, 0.25) is 10.0 Å². The molecule has 0 aliphatic rings. The summed E-state index contributed by atoms with van der Waals surface area (Å²) in [4.78, 5) is 12.6. The van der Waals surface area contributed by atoms with Crippen LogP contribution in [-0.4, -0.2) is 26.0 Å². The third-order valence-corrected chi connectivity index (χ3v) is 7.39. The van der Waals surface area contributed by atoms with E-state index in [1.807, 2.05) is 24.3 Å². The standard InChI is InChI=1S/C21H24BrNO4S2/c1-12(2)19(20(24)27-21(3,4)5)23-29(25,26)14-7-8-15-16-10-13(22)6-9-17(16)28-18(15)11-14/h6-12,19,23H,1-5H3. The molecule has 2 aromatic carbocycles. The zero-order valence-electron chi connectivity index (χ0n) is 16.9. The van der Waals surface area contributed by atoms with Crippen LogP contribution in [0.25, 0.3) is 20.2 Å². The number of nitrogens with one attached hydrogen (secondary N) is 1. The van der Waals surface area contributed by atoms with Crippen molar-refractivity contribution in [2.24, 2.45) is 5.92 Å². The van der Waals surface area contributed by atoms with E-state index in [1.54, 1.807) is 46.8 Å². The number of rotatable bonds is 5. The Hall–Kier alpha value is -1.48. The van der Waals surface area contributed by atoms with Gasteiger partial charge in [-0.2, -0.15) is 4.72 Å². The highest BCUT2D eigenvalue weighted by atomic mass is 79.9. The van der Waals surface area contributed by atoms with Crippen molar-refractivity contribution in [1.29, 1.82) is 0 Å². The highest BCUT2D eigenvalue weighted by molar-refractivity contribution is 9.10. The fourth-order valence-electron chi connectivity index (χ4n) is 2.95. The van der Waals surface area contributed by atoms with Gasteiger partial charge in [0.25, 0.3) is 0 Å². The van der Waals surface area contributed by atoms with Crippen LogP contribution >= 0.6 is 27.3 Å². The first-order chi connectivity index (χ1) is 13.4. The van der Waals surface area contributed by atoms with E-state index in [4.69, 9.17) is 4.74 Å². The van der Waals surface area contributed by atoms with Crippen LogP contribution in [0.5, 0.6) is 0 Å². The molecular weight excluding hydrogens is 474 g/mol. The van der Waals surface area contributed by atoms with E-state index in [0.717, 1.165) is 24.6 Å². The van der Waals surface area contributed by atoms with Gasteiger partial charge in [-0.1, -0.05) is 35.8 Å². The van der Waals surface area contributed by atoms with Crippen LogP contribution in [0.2, 0.25) is 0 Å². The molecular formula is C21H24BrNO4S2. The predicted molar refractivity (Wildman–Crippen MR) is 122 cm³/mol. The monoisotopic (exact) mass is 497 g/mol. The second-order valence-electron chi connectivity index (χ2n) is 8.28. The van der Waals surface area contributed by atoms with Gasteiger partial charge >= 0.3 is 5.97 Å². The Morgan fingerprint density at radius 2 is 1.76 bits per heavy atom. The summed E-state index contributed by atoms with van der Waals surface area (Å²) in [7, 11) is -3.90. The molecule has 0 saturated heterocycles. The van der Waals surface area contributed by atoms with E-state index in [1.165, 1.54) is 11.3 Å². The van der Waals surface area contributed by atoms with Crippen molar-refractivity contribution in [3.05, 3.63) is 40.9 Å². The summed E-state index contributed by atoms with van der Waals surface area (Å²) in [6, 6.07) is 10.1. The van der Waals surface area contributed by atoms with Gasteiger partial charge < -0.3 is 4.74 Å². The van der Waals surface area contributed by atoms with Gasteiger partial charge in [-0.05, 0) is 57.0 Å². The molecule has 3 aromatic rings.